The van der Waals surface area contributed by atoms with E-state index in [0.717, 1.165) is 26.5 Å². The molecule has 0 unspecified atom stereocenters. The van der Waals surface area contributed by atoms with Crippen LogP contribution in [0.1, 0.15) is 27.6 Å². The Kier molecular flexibility index (Phi) is 5.36. The summed E-state index contributed by atoms with van der Waals surface area (Å²) in [7, 11) is 2.24. The molecule has 0 spiro atoms. The highest BCUT2D eigenvalue weighted by Gasteiger charge is 2.28. The van der Waals surface area contributed by atoms with Crippen LogP contribution in [0.4, 0.5) is 11.4 Å². The fourth-order valence-electron chi connectivity index (χ4n) is 2.25. The number of carbonyl (C=O) groups is 3. The van der Waals surface area contributed by atoms with Crippen molar-refractivity contribution in [1.29, 1.82) is 0 Å². The highest BCUT2D eigenvalue weighted by molar-refractivity contribution is 6.07. The van der Waals surface area contributed by atoms with Crippen molar-refractivity contribution in [2.75, 3.05) is 19.5 Å². The second-order valence-corrected chi connectivity index (χ2v) is 5.01. The third-order valence-corrected chi connectivity index (χ3v) is 3.35. The molecular formula is C16H14N2O8. The van der Waals surface area contributed by atoms with Gasteiger partial charge in [-0.05, 0) is 12.1 Å². The smallest absolute Gasteiger partial charge is 0.342 e. The van der Waals surface area contributed by atoms with Crippen LogP contribution in [0.15, 0.2) is 28.9 Å². The minimum atomic E-state index is -0.872. The van der Waals surface area contributed by atoms with Gasteiger partial charge in [0.2, 0.25) is 5.91 Å². The topological polar surface area (TPSA) is 138 Å². The SMILES string of the molecule is COC(=O)c1coc(-c2ccc(NC(C)=O)c([N+](=O)[O-])c2)c1C(=O)OC. The van der Waals surface area contributed by atoms with Crippen LogP contribution in [0.2, 0.25) is 0 Å². The van der Waals surface area contributed by atoms with Crippen molar-refractivity contribution in [3.8, 4) is 11.3 Å². The van der Waals surface area contributed by atoms with Crippen LogP contribution < -0.4 is 5.32 Å². The van der Waals surface area contributed by atoms with Crippen molar-refractivity contribution < 1.29 is 33.2 Å². The zero-order valence-electron chi connectivity index (χ0n) is 14.0. The van der Waals surface area contributed by atoms with E-state index >= 15 is 0 Å². The van der Waals surface area contributed by atoms with E-state index in [1.165, 1.54) is 19.1 Å². The molecule has 26 heavy (non-hydrogen) atoms. The van der Waals surface area contributed by atoms with Crippen LogP contribution in [0.3, 0.4) is 0 Å². The Bertz CT molecular complexity index is 900. The van der Waals surface area contributed by atoms with E-state index < -0.39 is 28.5 Å². The second kappa shape index (κ2) is 7.47. The third kappa shape index (κ3) is 3.53. The van der Waals surface area contributed by atoms with Crippen LogP contribution in [0.5, 0.6) is 0 Å². The van der Waals surface area contributed by atoms with Gasteiger partial charge in [0.15, 0.2) is 0 Å². The first kappa shape index (κ1) is 18.6. The molecule has 2 rings (SSSR count). The molecular weight excluding hydrogens is 348 g/mol. The third-order valence-electron chi connectivity index (χ3n) is 3.35. The molecule has 0 saturated carbocycles. The number of hydrogen-bond acceptors (Lipinski definition) is 8. The minimum absolute atomic E-state index is 0.0226. The number of nitro groups is 1. The van der Waals surface area contributed by atoms with Crippen molar-refractivity contribution in [3.63, 3.8) is 0 Å². The quantitative estimate of drug-likeness (QED) is 0.486. The summed E-state index contributed by atoms with van der Waals surface area (Å²) < 4.78 is 14.5. The lowest BCUT2D eigenvalue weighted by atomic mass is 10.0. The van der Waals surface area contributed by atoms with Crippen LogP contribution in [-0.2, 0) is 14.3 Å². The molecule has 2 aromatic rings. The molecule has 0 aliphatic carbocycles. The fraction of sp³-hybridized carbons (Fsp3) is 0.188. The second-order valence-electron chi connectivity index (χ2n) is 5.01. The molecule has 1 aromatic carbocycles. The zero-order valence-corrected chi connectivity index (χ0v) is 14.0. The van der Waals surface area contributed by atoms with Gasteiger partial charge in [0.1, 0.15) is 28.8 Å². The number of amides is 1. The van der Waals surface area contributed by atoms with E-state index in [0.29, 0.717) is 0 Å². The Hall–Kier alpha value is -3.69. The van der Waals surface area contributed by atoms with Gasteiger partial charge in [0.05, 0.1) is 19.1 Å². The summed E-state index contributed by atoms with van der Waals surface area (Å²) in [6.07, 6.45) is 1.00. The zero-order chi connectivity index (χ0) is 19.4. The molecule has 0 aliphatic heterocycles. The number of anilines is 1. The summed E-state index contributed by atoms with van der Waals surface area (Å²) in [5, 5.41) is 13.6. The van der Waals surface area contributed by atoms with E-state index in [1.807, 2.05) is 0 Å². The van der Waals surface area contributed by atoms with Gasteiger partial charge in [-0.1, -0.05) is 0 Å². The summed E-state index contributed by atoms with van der Waals surface area (Å²) in [6.45, 7) is 1.21. The van der Waals surface area contributed by atoms with Crippen molar-refractivity contribution in [2.24, 2.45) is 0 Å². The summed E-state index contributed by atoms with van der Waals surface area (Å²) in [4.78, 5) is 45.6. The van der Waals surface area contributed by atoms with Crippen LogP contribution in [0.25, 0.3) is 11.3 Å². The molecule has 0 radical (unpaired) electrons. The van der Waals surface area contributed by atoms with Crippen molar-refractivity contribution in [1.82, 2.24) is 0 Å². The van der Waals surface area contributed by atoms with Gasteiger partial charge >= 0.3 is 11.9 Å². The number of carbonyl (C=O) groups excluding carboxylic acids is 3. The van der Waals surface area contributed by atoms with Crippen LogP contribution in [-0.4, -0.2) is 37.0 Å². The maximum absolute atomic E-state index is 12.1. The normalized spacial score (nSPS) is 10.1. The Labute approximate surface area is 146 Å². The average Bonchev–Trinajstić information content (AvgIpc) is 3.05. The van der Waals surface area contributed by atoms with Crippen molar-refractivity contribution in [3.05, 3.63) is 45.7 Å². The lowest BCUT2D eigenvalue weighted by molar-refractivity contribution is -0.383. The van der Waals surface area contributed by atoms with E-state index in [2.05, 4.69) is 14.8 Å². The summed E-state index contributed by atoms with van der Waals surface area (Å²) in [5.41, 5.74) is -0.694. The molecule has 0 saturated heterocycles. The minimum Gasteiger partial charge on any atom is -0.465 e. The Morgan fingerprint density at radius 1 is 1.15 bits per heavy atom. The summed E-state index contributed by atoms with van der Waals surface area (Å²) in [6, 6.07) is 3.79. The molecule has 0 bridgehead atoms. The highest BCUT2D eigenvalue weighted by atomic mass is 16.6. The number of nitro benzene ring substituents is 1. The average molecular weight is 362 g/mol. The summed E-state index contributed by atoms with van der Waals surface area (Å²) >= 11 is 0. The van der Waals surface area contributed by atoms with Gasteiger partial charge in [-0.3, -0.25) is 14.9 Å². The Morgan fingerprint density at radius 2 is 1.81 bits per heavy atom. The molecule has 0 atom stereocenters. The van der Waals surface area contributed by atoms with E-state index in [4.69, 9.17) is 4.42 Å². The highest BCUT2D eigenvalue weighted by Crippen LogP contribution is 2.35. The van der Waals surface area contributed by atoms with E-state index in [-0.39, 0.29) is 28.1 Å². The lowest BCUT2D eigenvalue weighted by Crippen LogP contribution is -2.10. The van der Waals surface area contributed by atoms with Crippen LogP contribution in [0, 0.1) is 10.1 Å². The molecule has 1 aromatic heterocycles. The number of benzene rings is 1. The predicted octanol–water partition coefficient (Wildman–Crippen LogP) is 2.39. The maximum Gasteiger partial charge on any atom is 0.342 e. The first-order chi connectivity index (χ1) is 12.3. The molecule has 1 heterocycles. The first-order valence-electron chi connectivity index (χ1n) is 7.14. The number of rotatable bonds is 5. The lowest BCUT2D eigenvalue weighted by Gasteiger charge is -2.07. The predicted molar refractivity (Wildman–Crippen MR) is 87.8 cm³/mol. The van der Waals surface area contributed by atoms with Crippen molar-refractivity contribution >= 4 is 29.2 Å². The number of furan rings is 1. The first-order valence-corrected chi connectivity index (χ1v) is 7.14. The van der Waals surface area contributed by atoms with Crippen LogP contribution >= 0.6 is 0 Å². The molecule has 1 N–H and O–H groups in total. The molecule has 1 amide bonds. The Balaban J connectivity index is 2.65. The molecule has 0 fully saturated rings. The summed E-state index contributed by atoms with van der Waals surface area (Å²) in [5.74, 6) is -2.29. The van der Waals surface area contributed by atoms with Gasteiger partial charge in [-0.15, -0.1) is 0 Å². The van der Waals surface area contributed by atoms with Gasteiger partial charge in [0.25, 0.3) is 5.69 Å². The van der Waals surface area contributed by atoms with Gasteiger partial charge in [0, 0.05) is 18.6 Å². The van der Waals surface area contributed by atoms with E-state index in [1.54, 1.807) is 0 Å². The standard InChI is InChI=1S/C16H14N2O8/c1-8(19)17-11-5-4-9(6-12(11)18(22)23)14-13(16(21)25-3)10(7-26-14)15(20)24-2/h4-7H,1-3H3,(H,17,19). The molecule has 0 aliphatic rings. The molecule has 10 nitrogen and oxygen atoms in total. The maximum atomic E-state index is 12.1. The molecule has 136 valence electrons. The van der Waals surface area contributed by atoms with Gasteiger partial charge in [-0.25, -0.2) is 9.59 Å². The number of hydrogen-bond donors (Lipinski definition) is 1. The largest absolute Gasteiger partial charge is 0.465 e. The number of nitrogens with zero attached hydrogens (tertiary/aromatic N) is 1. The fourth-order valence-corrected chi connectivity index (χ4v) is 2.25. The number of esters is 2. The van der Waals surface area contributed by atoms with Gasteiger partial charge in [-0.2, -0.15) is 0 Å². The Morgan fingerprint density at radius 3 is 2.35 bits per heavy atom. The monoisotopic (exact) mass is 362 g/mol. The number of ether oxygens (including phenoxy) is 2. The van der Waals surface area contributed by atoms with Gasteiger partial charge < -0.3 is 19.2 Å². The number of nitrogens with one attached hydrogen (secondary N) is 1. The van der Waals surface area contributed by atoms with E-state index in [9.17, 15) is 24.5 Å². The number of methoxy groups -OCH3 is 2. The molecule has 10 heteroatoms. The van der Waals surface area contributed by atoms with Crippen molar-refractivity contribution in [2.45, 2.75) is 6.92 Å².